The monoisotopic (exact) mass is 347 g/mol. The third kappa shape index (κ3) is 5.46. The van der Waals surface area contributed by atoms with Gasteiger partial charge in [-0.1, -0.05) is 0 Å². The molecule has 0 saturated carbocycles. The Hall–Kier alpha value is -2.08. The summed E-state index contributed by atoms with van der Waals surface area (Å²) in [5, 5.41) is 0. The van der Waals surface area contributed by atoms with Crippen LogP contribution in [0.2, 0.25) is 0 Å². The van der Waals surface area contributed by atoms with Gasteiger partial charge in [0, 0.05) is 37.4 Å². The zero-order valence-electron chi connectivity index (χ0n) is 15.6. The van der Waals surface area contributed by atoms with Gasteiger partial charge in [0.1, 0.15) is 5.60 Å². The minimum absolute atomic E-state index is 0.0569. The molecule has 6 heteroatoms. The second-order valence-corrected chi connectivity index (χ2v) is 7.51. The lowest BCUT2D eigenvalue weighted by atomic mass is 10.1. The molecule has 6 nitrogen and oxygen atoms in total. The molecule has 1 aliphatic heterocycles. The Labute approximate surface area is 149 Å². The summed E-state index contributed by atoms with van der Waals surface area (Å²) in [4.78, 5) is 28.1. The molecule has 1 saturated heterocycles. The topological polar surface area (TPSA) is 75.9 Å². The Bertz CT molecular complexity index is 605. The molecule has 0 aromatic heterocycles. The van der Waals surface area contributed by atoms with Crippen molar-refractivity contribution in [3.05, 3.63) is 29.8 Å². The number of amides is 1. The Kier molecular flexibility index (Phi) is 6.06. The average molecular weight is 347 g/mol. The summed E-state index contributed by atoms with van der Waals surface area (Å²) in [7, 11) is 0. The third-order valence-electron chi connectivity index (χ3n) is 4.08. The molecule has 0 bridgehead atoms. The fourth-order valence-corrected chi connectivity index (χ4v) is 2.78. The van der Waals surface area contributed by atoms with Crippen LogP contribution >= 0.6 is 0 Å². The summed E-state index contributed by atoms with van der Waals surface area (Å²) in [5.74, 6) is -0.0569. The SMILES string of the molecule is CC(N)C(=O)c1ccc(N2CCCN(C(=O)OC(C)(C)C)CC2)cc1. The molecule has 1 aromatic rings. The number of carbonyl (C=O) groups is 2. The Morgan fingerprint density at radius 3 is 2.28 bits per heavy atom. The van der Waals surface area contributed by atoms with Crippen LogP contribution < -0.4 is 10.6 Å². The van der Waals surface area contributed by atoms with Gasteiger partial charge in [-0.25, -0.2) is 4.79 Å². The Morgan fingerprint density at radius 1 is 1.08 bits per heavy atom. The van der Waals surface area contributed by atoms with Gasteiger partial charge >= 0.3 is 6.09 Å². The standard InChI is InChI=1S/C19H29N3O3/c1-14(20)17(23)15-6-8-16(9-7-15)21-10-5-11-22(13-12-21)18(24)25-19(2,3)4/h6-9,14H,5,10-13,20H2,1-4H3. The average Bonchev–Trinajstić information content (AvgIpc) is 2.78. The summed E-state index contributed by atoms with van der Waals surface area (Å²) in [5.41, 5.74) is 6.84. The van der Waals surface area contributed by atoms with E-state index in [1.165, 1.54) is 0 Å². The van der Waals surface area contributed by atoms with Gasteiger partial charge in [0.15, 0.2) is 5.78 Å². The predicted octanol–water partition coefficient (Wildman–Crippen LogP) is 2.66. The molecule has 2 N–H and O–H groups in total. The largest absolute Gasteiger partial charge is 0.444 e. The number of anilines is 1. The van der Waals surface area contributed by atoms with Crippen LogP contribution in [0, 0.1) is 0 Å². The molecule has 2 rings (SSSR count). The molecule has 25 heavy (non-hydrogen) atoms. The van der Waals surface area contributed by atoms with Crippen molar-refractivity contribution in [3.8, 4) is 0 Å². The molecule has 1 aliphatic rings. The van der Waals surface area contributed by atoms with Gasteiger partial charge < -0.3 is 20.3 Å². The van der Waals surface area contributed by atoms with Gasteiger partial charge in [-0.05, 0) is 58.4 Å². The molecule has 1 amide bonds. The van der Waals surface area contributed by atoms with Crippen LogP contribution in [0.25, 0.3) is 0 Å². The maximum atomic E-state index is 12.2. The molecule has 138 valence electrons. The predicted molar refractivity (Wildman–Crippen MR) is 99.1 cm³/mol. The number of hydrogen-bond donors (Lipinski definition) is 1. The fourth-order valence-electron chi connectivity index (χ4n) is 2.78. The van der Waals surface area contributed by atoms with Gasteiger partial charge in [0.05, 0.1) is 6.04 Å². The van der Waals surface area contributed by atoms with E-state index in [2.05, 4.69) is 4.90 Å². The molecule has 0 spiro atoms. The van der Waals surface area contributed by atoms with Gasteiger partial charge in [-0.3, -0.25) is 4.79 Å². The molecule has 1 atom stereocenters. The van der Waals surface area contributed by atoms with E-state index < -0.39 is 11.6 Å². The van der Waals surface area contributed by atoms with E-state index in [-0.39, 0.29) is 11.9 Å². The van der Waals surface area contributed by atoms with Crippen LogP contribution in [-0.2, 0) is 4.74 Å². The molecule has 0 aliphatic carbocycles. The minimum Gasteiger partial charge on any atom is -0.444 e. The minimum atomic E-state index is -0.494. The molecule has 1 aromatic carbocycles. The summed E-state index contributed by atoms with van der Waals surface area (Å²) >= 11 is 0. The first kappa shape index (κ1) is 19.2. The van der Waals surface area contributed by atoms with Crippen molar-refractivity contribution >= 4 is 17.6 Å². The number of nitrogens with zero attached hydrogens (tertiary/aromatic N) is 2. The van der Waals surface area contributed by atoms with Crippen LogP contribution in [0.4, 0.5) is 10.5 Å². The number of benzene rings is 1. The second kappa shape index (κ2) is 7.87. The second-order valence-electron chi connectivity index (χ2n) is 7.51. The summed E-state index contributed by atoms with van der Waals surface area (Å²) in [6, 6.07) is 7.03. The van der Waals surface area contributed by atoms with Crippen molar-refractivity contribution in [3.63, 3.8) is 0 Å². The molecule has 0 radical (unpaired) electrons. The fraction of sp³-hybridized carbons (Fsp3) is 0.579. The number of Topliss-reactive ketones (excluding diaryl/α,β-unsaturated/α-hetero) is 1. The van der Waals surface area contributed by atoms with E-state index >= 15 is 0 Å². The number of rotatable bonds is 3. The first-order valence-corrected chi connectivity index (χ1v) is 8.80. The maximum Gasteiger partial charge on any atom is 0.410 e. The van der Waals surface area contributed by atoms with Gasteiger partial charge in [-0.2, -0.15) is 0 Å². The van der Waals surface area contributed by atoms with E-state index in [0.29, 0.717) is 18.7 Å². The zero-order chi connectivity index (χ0) is 18.6. The van der Waals surface area contributed by atoms with E-state index in [9.17, 15) is 9.59 Å². The van der Waals surface area contributed by atoms with Crippen molar-refractivity contribution in [1.82, 2.24) is 4.90 Å². The highest BCUT2D eigenvalue weighted by Crippen LogP contribution is 2.19. The Morgan fingerprint density at radius 2 is 1.72 bits per heavy atom. The lowest BCUT2D eigenvalue weighted by Gasteiger charge is -2.27. The quantitative estimate of drug-likeness (QED) is 0.851. The maximum absolute atomic E-state index is 12.2. The van der Waals surface area contributed by atoms with E-state index in [1.54, 1.807) is 11.8 Å². The number of ether oxygens (including phenoxy) is 1. The first-order chi connectivity index (χ1) is 11.7. The molecule has 1 heterocycles. The lowest BCUT2D eigenvalue weighted by Crippen LogP contribution is -2.39. The third-order valence-corrected chi connectivity index (χ3v) is 4.08. The normalized spacial score (nSPS) is 17.0. The van der Waals surface area contributed by atoms with Crippen molar-refractivity contribution in [1.29, 1.82) is 0 Å². The number of ketones is 1. The van der Waals surface area contributed by atoms with Gasteiger partial charge in [-0.15, -0.1) is 0 Å². The highest BCUT2D eigenvalue weighted by atomic mass is 16.6. The van der Waals surface area contributed by atoms with E-state index in [0.717, 1.165) is 25.2 Å². The highest BCUT2D eigenvalue weighted by molar-refractivity contribution is 5.99. The highest BCUT2D eigenvalue weighted by Gasteiger charge is 2.24. The van der Waals surface area contributed by atoms with Crippen LogP contribution in [0.3, 0.4) is 0 Å². The smallest absolute Gasteiger partial charge is 0.410 e. The van der Waals surface area contributed by atoms with Gasteiger partial charge in [0.2, 0.25) is 0 Å². The van der Waals surface area contributed by atoms with Gasteiger partial charge in [0.25, 0.3) is 0 Å². The van der Waals surface area contributed by atoms with Crippen molar-refractivity contribution in [2.24, 2.45) is 5.73 Å². The van der Waals surface area contributed by atoms with Crippen LogP contribution in [0.15, 0.2) is 24.3 Å². The molecular weight excluding hydrogens is 318 g/mol. The van der Waals surface area contributed by atoms with Crippen LogP contribution in [0.1, 0.15) is 44.5 Å². The van der Waals surface area contributed by atoms with E-state index in [4.69, 9.17) is 10.5 Å². The van der Waals surface area contributed by atoms with E-state index in [1.807, 2.05) is 45.0 Å². The molecule has 1 fully saturated rings. The summed E-state index contributed by atoms with van der Waals surface area (Å²) < 4.78 is 5.46. The first-order valence-electron chi connectivity index (χ1n) is 8.80. The van der Waals surface area contributed by atoms with Crippen molar-refractivity contribution in [2.75, 3.05) is 31.1 Å². The number of nitrogens with two attached hydrogens (primary N) is 1. The number of hydrogen-bond acceptors (Lipinski definition) is 5. The van der Waals surface area contributed by atoms with Crippen LogP contribution in [-0.4, -0.2) is 54.6 Å². The molecular formula is C19H29N3O3. The van der Waals surface area contributed by atoms with Crippen LogP contribution in [0.5, 0.6) is 0 Å². The summed E-state index contributed by atoms with van der Waals surface area (Å²) in [6.45, 7) is 10.2. The zero-order valence-corrected chi connectivity index (χ0v) is 15.6. The lowest BCUT2D eigenvalue weighted by molar-refractivity contribution is 0.0263. The Balaban J connectivity index is 1.99. The molecule has 1 unspecified atom stereocenters. The summed E-state index contributed by atoms with van der Waals surface area (Å²) in [6.07, 6.45) is 0.618. The van der Waals surface area contributed by atoms with Crippen molar-refractivity contribution in [2.45, 2.75) is 45.8 Å². The number of carbonyl (C=O) groups excluding carboxylic acids is 2. The van der Waals surface area contributed by atoms with Crippen molar-refractivity contribution < 1.29 is 14.3 Å².